The smallest absolute Gasteiger partial charge is 0.261 e. The van der Waals surface area contributed by atoms with Crippen molar-refractivity contribution in [3.05, 3.63) is 83.9 Å². The summed E-state index contributed by atoms with van der Waals surface area (Å²) >= 11 is 1.30. The van der Waals surface area contributed by atoms with E-state index in [0.717, 1.165) is 16.0 Å². The number of sulfonamides is 1. The molecule has 3 aromatic carbocycles. The van der Waals surface area contributed by atoms with E-state index < -0.39 is 15.3 Å². The van der Waals surface area contributed by atoms with Crippen molar-refractivity contribution in [2.75, 3.05) is 9.62 Å². The number of rotatable bonds is 6. The predicted molar refractivity (Wildman–Crippen MR) is 126 cm³/mol. The van der Waals surface area contributed by atoms with E-state index in [0.29, 0.717) is 11.4 Å². The minimum Gasteiger partial charge on any atom is -0.280 e. The van der Waals surface area contributed by atoms with Crippen molar-refractivity contribution in [1.82, 2.24) is 0 Å². The Hall–Kier alpha value is -3.10. The van der Waals surface area contributed by atoms with Gasteiger partial charge in [0.2, 0.25) is 11.8 Å². The first-order valence-corrected chi connectivity index (χ1v) is 12.4. The van der Waals surface area contributed by atoms with Crippen molar-refractivity contribution >= 4 is 45.0 Å². The number of carbonyl (C=O) groups excluding carboxylic acids is 2. The van der Waals surface area contributed by atoms with Gasteiger partial charge in [-0.25, -0.2) is 13.3 Å². The summed E-state index contributed by atoms with van der Waals surface area (Å²) in [7, 11) is -3.68. The first kappa shape index (κ1) is 22.1. The lowest BCUT2D eigenvalue weighted by molar-refractivity contribution is -0.121. The zero-order chi connectivity index (χ0) is 22.9. The fraction of sp³-hybridized carbons (Fsp3) is 0.167. The minimum absolute atomic E-state index is 0.124. The number of aryl methyl sites for hydroxylation is 2. The van der Waals surface area contributed by atoms with Gasteiger partial charge in [0.1, 0.15) is 0 Å². The van der Waals surface area contributed by atoms with Crippen LogP contribution in [0.5, 0.6) is 0 Å². The third-order valence-corrected chi connectivity index (χ3v) is 7.71. The van der Waals surface area contributed by atoms with Crippen molar-refractivity contribution in [2.45, 2.75) is 35.3 Å². The highest BCUT2D eigenvalue weighted by atomic mass is 32.2. The molecule has 6 nitrogen and oxygen atoms in total. The lowest BCUT2D eigenvalue weighted by Crippen LogP contribution is -2.31. The lowest BCUT2D eigenvalue weighted by atomic mass is 10.2. The van der Waals surface area contributed by atoms with Crippen LogP contribution in [0.2, 0.25) is 0 Å². The maximum atomic E-state index is 12.8. The largest absolute Gasteiger partial charge is 0.280 e. The van der Waals surface area contributed by atoms with E-state index in [4.69, 9.17) is 0 Å². The van der Waals surface area contributed by atoms with Crippen LogP contribution in [0.1, 0.15) is 17.5 Å². The Morgan fingerprint density at radius 2 is 1.41 bits per heavy atom. The molecule has 1 aliphatic rings. The number of nitrogens with zero attached hydrogens (tertiary/aromatic N) is 1. The molecular weight excluding hydrogens is 444 g/mol. The first-order valence-electron chi connectivity index (χ1n) is 10.0. The number of carbonyl (C=O) groups is 2. The van der Waals surface area contributed by atoms with Gasteiger partial charge in [0.15, 0.2) is 0 Å². The van der Waals surface area contributed by atoms with Crippen LogP contribution in [0.15, 0.2) is 82.6 Å². The molecule has 0 saturated carbocycles. The van der Waals surface area contributed by atoms with E-state index in [9.17, 15) is 18.0 Å². The summed E-state index contributed by atoms with van der Waals surface area (Å²) in [5.41, 5.74) is 3.03. The van der Waals surface area contributed by atoms with Crippen LogP contribution in [0.4, 0.5) is 11.4 Å². The van der Waals surface area contributed by atoms with Gasteiger partial charge in [-0.3, -0.25) is 14.3 Å². The molecule has 3 aromatic rings. The Labute approximate surface area is 191 Å². The molecule has 32 heavy (non-hydrogen) atoms. The summed E-state index contributed by atoms with van der Waals surface area (Å²) in [6.45, 7) is 3.84. The number of imide groups is 1. The lowest BCUT2D eigenvalue weighted by Gasteiger charge is -2.15. The summed E-state index contributed by atoms with van der Waals surface area (Å²) in [4.78, 5) is 27.5. The monoisotopic (exact) mass is 466 g/mol. The summed E-state index contributed by atoms with van der Waals surface area (Å²) in [5, 5.41) is -0.515. The number of benzene rings is 3. The second-order valence-corrected chi connectivity index (χ2v) is 10.6. The predicted octanol–water partition coefficient (Wildman–Crippen LogP) is 4.53. The van der Waals surface area contributed by atoms with E-state index in [1.807, 2.05) is 26.0 Å². The van der Waals surface area contributed by atoms with E-state index in [1.54, 1.807) is 60.7 Å². The molecule has 0 aliphatic carbocycles. The van der Waals surface area contributed by atoms with Crippen molar-refractivity contribution < 1.29 is 18.0 Å². The van der Waals surface area contributed by atoms with Crippen LogP contribution in [0, 0.1) is 13.8 Å². The van der Waals surface area contributed by atoms with Gasteiger partial charge in [0.25, 0.3) is 10.0 Å². The molecule has 1 fully saturated rings. The van der Waals surface area contributed by atoms with Crippen molar-refractivity contribution in [3.63, 3.8) is 0 Å². The Balaban J connectivity index is 1.43. The van der Waals surface area contributed by atoms with Gasteiger partial charge in [0.05, 0.1) is 15.8 Å². The van der Waals surface area contributed by atoms with E-state index in [1.165, 1.54) is 16.7 Å². The summed E-state index contributed by atoms with van der Waals surface area (Å²) < 4.78 is 27.6. The molecule has 8 heteroatoms. The molecule has 164 valence electrons. The summed E-state index contributed by atoms with van der Waals surface area (Å²) in [5.74, 6) is -0.466. The number of hydrogen-bond donors (Lipinski definition) is 1. The number of anilines is 2. The van der Waals surface area contributed by atoms with Crippen molar-refractivity contribution in [1.29, 1.82) is 0 Å². The number of nitrogens with one attached hydrogen (secondary N) is 1. The van der Waals surface area contributed by atoms with Gasteiger partial charge in [-0.15, -0.1) is 11.8 Å². The molecule has 1 aliphatic heterocycles. The zero-order valence-corrected chi connectivity index (χ0v) is 19.2. The topological polar surface area (TPSA) is 83.6 Å². The van der Waals surface area contributed by atoms with Crippen LogP contribution < -0.4 is 9.62 Å². The molecule has 0 spiro atoms. The van der Waals surface area contributed by atoms with Crippen molar-refractivity contribution in [2.24, 2.45) is 0 Å². The Morgan fingerprint density at radius 1 is 0.844 bits per heavy atom. The average Bonchev–Trinajstić information content (AvgIpc) is 3.03. The van der Waals surface area contributed by atoms with Gasteiger partial charge in [0, 0.05) is 17.0 Å². The molecule has 1 atom stereocenters. The standard InChI is InChI=1S/C24H22N2O4S2/c1-16-3-9-19(10-4-16)26-23(27)15-22(24(26)28)31-20-11-7-18(8-12-20)25-32(29,30)21-13-5-17(2)6-14-21/h3-14,22,25H,15H2,1-2H3. The second kappa shape index (κ2) is 8.80. The van der Waals surface area contributed by atoms with Crippen molar-refractivity contribution in [3.8, 4) is 0 Å². The van der Waals surface area contributed by atoms with E-state index in [2.05, 4.69) is 4.72 Å². The van der Waals surface area contributed by atoms with Gasteiger partial charge < -0.3 is 0 Å². The van der Waals surface area contributed by atoms with Gasteiger partial charge in [-0.2, -0.15) is 0 Å². The highest BCUT2D eigenvalue weighted by Crippen LogP contribution is 2.34. The normalized spacial score (nSPS) is 16.4. The summed E-state index contributed by atoms with van der Waals surface area (Å²) in [6.07, 6.45) is 0.124. The fourth-order valence-electron chi connectivity index (χ4n) is 3.36. The molecule has 1 N–H and O–H groups in total. The third-order valence-electron chi connectivity index (χ3n) is 5.11. The number of amides is 2. The summed E-state index contributed by atoms with van der Waals surface area (Å²) in [6, 6.07) is 20.7. The second-order valence-electron chi connectivity index (χ2n) is 7.66. The quantitative estimate of drug-likeness (QED) is 0.540. The Bertz CT molecular complexity index is 1250. The van der Waals surface area contributed by atoms with Gasteiger partial charge in [-0.1, -0.05) is 35.4 Å². The molecular formula is C24H22N2O4S2. The fourth-order valence-corrected chi connectivity index (χ4v) is 5.47. The molecule has 1 heterocycles. The Kier molecular flexibility index (Phi) is 6.08. The molecule has 0 aromatic heterocycles. The Morgan fingerprint density at radius 3 is 2.00 bits per heavy atom. The van der Waals surface area contributed by atoms with E-state index >= 15 is 0 Å². The molecule has 1 unspecified atom stereocenters. The van der Waals surface area contributed by atoms with Crippen LogP contribution in [-0.2, 0) is 19.6 Å². The average molecular weight is 467 g/mol. The van der Waals surface area contributed by atoms with Crippen LogP contribution >= 0.6 is 11.8 Å². The maximum absolute atomic E-state index is 12.8. The number of hydrogen-bond acceptors (Lipinski definition) is 5. The highest BCUT2D eigenvalue weighted by molar-refractivity contribution is 8.00. The van der Waals surface area contributed by atoms with Crippen LogP contribution in [0.25, 0.3) is 0 Å². The van der Waals surface area contributed by atoms with E-state index in [-0.39, 0.29) is 23.1 Å². The number of thioether (sulfide) groups is 1. The molecule has 0 bridgehead atoms. The minimum atomic E-state index is -3.68. The van der Waals surface area contributed by atoms with Gasteiger partial charge in [-0.05, 0) is 62.4 Å². The van der Waals surface area contributed by atoms with Crippen LogP contribution in [0.3, 0.4) is 0 Å². The molecule has 2 amide bonds. The molecule has 0 radical (unpaired) electrons. The van der Waals surface area contributed by atoms with Gasteiger partial charge >= 0.3 is 0 Å². The zero-order valence-electron chi connectivity index (χ0n) is 17.6. The molecule has 4 rings (SSSR count). The van der Waals surface area contributed by atoms with Crippen LogP contribution in [-0.4, -0.2) is 25.5 Å². The molecule has 1 saturated heterocycles. The SMILES string of the molecule is Cc1ccc(N2C(=O)CC(Sc3ccc(NS(=O)(=O)c4ccc(C)cc4)cc3)C2=O)cc1. The highest BCUT2D eigenvalue weighted by Gasteiger charge is 2.40. The maximum Gasteiger partial charge on any atom is 0.261 e. The third kappa shape index (κ3) is 4.71. The first-order chi connectivity index (χ1) is 15.2.